The lowest BCUT2D eigenvalue weighted by Crippen LogP contribution is -2.53. The molecule has 3 N–H and O–H groups in total. The van der Waals surface area contributed by atoms with Gasteiger partial charge in [0.2, 0.25) is 0 Å². The van der Waals surface area contributed by atoms with Gasteiger partial charge in [0.05, 0.1) is 11.1 Å². The summed E-state index contributed by atoms with van der Waals surface area (Å²) in [6.07, 6.45) is 3.78. The average Bonchev–Trinajstić information content (AvgIpc) is 3.02. The molecule has 4 heteroatoms. The first-order valence-corrected chi connectivity index (χ1v) is 5.63. The maximum absolute atomic E-state index is 11.9. The molecule has 1 atom stereocenters. The number of hydrogen-bond acceptors (Lipinski definition) is 3. The van der Waals surface area contributed by atoms with Crippen LogP contribution in [0.3, 0.4) is 0 Å². The predicted octanol–water partition coefficient (Wildman–Crippen LogP) is 1.45. The summed E-state index contributed by atoms with van der Waals surface area (Å²) in [7, 11) is 0. The summed E-state index contributed by atoms with van der Waals surface area (Å²) in [6.45, 7) is 4.30. The number of carbonyl (C=O) groups is 1. The Labute approximate surface area is 95.2 Å². The van der Waals surface area contributed by atoms with E-state index in [-0.39, 0.29) is 11.4 Å². The third-order valence-corrected chi connectivity index (χ3v) is 3.29. The number of aryl methyl sites for hydroxylation is 1. The highest BCUT2D eigenvalue weighted by Crippen LogP contribution is 2.39. The third kappa shape index (κ3) is 2.11. The van der Waals surface area contributed by atoms with Crippen molar-refractivity contribution in [3.8, 4) is 0 Å². The van der Waals surface area contributed by atoms with Crippen molar-refractivity contribution in [2.45, 2.75) is 32.2 Å². The van der Waals surface area contributed by atoms with E-state index in [1.54, 1.807) is 6.07 Å². The van der Waals surface area contributed by atoms with Gasteiger partial charge >= 0.3 is 0 Å². The van der Waals surface area contributed by atoms with Crippen molar-refractivity contribution in [2.24, 2.45) is 11.7 Å². The van der Waals surface area contributed by atoms with E-state index >= 15 is 0 Å². The average molecular weight is 222 g/mol. The van der Waals surface area contributed by atoms with Gasteiger partial charge in [-0.2, -0.15) is 0 Å². The van der Waals surface area contributed by atoms with Gasteiger partial charge in [-0.15, -0.1) is 0 Å². The molecular weight excluding hydrogens is 204 g/mol. The van der Waals surface area contributed by atoms with Gasteiger partial charge in [0, 0.05) is 6.54 Å². The van der Waals surface area contributed by atoms with E-state index in [1.807, 2.05) is 13.8 Å². The Bertz CT molecular complexity index is 395. The Morgan fingerprint density at radius 1 is 1.69 bits per heavy atom. The first-order chi connectivity index (χ1) is 7.55. The molecule has 4 nitrogen and oxygen atoms in total. The van der Waals surface area contributed by atoms with Gasteiger partial charge in [-0.05, 0) is 38.7 Å². The van der Waals surface area contributed by atoms with Gasteiger partial charge in [-0.3, -0.25) is 4.79 Å². The fourth-order valence-corrected chi connectivity index (χ4v) is 1.93. The van der Waals surface area contributed by atoms with Crippen molar-refractivity contribution in [2.75, 3.05) is 6.54 Å². The van der Waals surface area contributed by atoms with Crippen LogP contribution in [0.15, 0.2) is 16.7 Å². The second kappa shape index (κ2) is 3.94. The summed E-state index contributed by atoms with van der Waals surface area (Å²) in [5.74, 6) is 1.16. The zero-order valence-electron chi connectivity index (χ0n) is 9.75. The summed E-state index contributed by atoms with van der Waals surface area (Å²) in [5.41, 5.74) is 6.03. The number of carbonyl (C=O) groups excluding carboxylic acids is 1. The molecule has 0 saturated heterocycles. The van der Waals surface area contributed by atoms with E-state index in [0.717, 1.165) is 18.6 Å². The van der Waals surface area contributed by atoms with E-state index in [9.17, 15) is 4.79 Å². The molecule has 1 heterocycles. The van der Waals surface area contributed by atoms with Crippen LogP contribution in [0.5, 0.6) is 0 Å². The van der Waals surface area contributed by atoms with Gasteiger partial charge in [-0.25, -0.2) is 0 Å². The first kappa shape index (κ1) is 11.2. The second-order valence-corrected chi connectivity index (χ2v) is 4.80. The summed E-state index contributed by atoms with van der Waals surface area (Å²) >= 11 is 0. The monoisotopic (exact) mass is 222 g/mol. The van der Waals surface area contributed by atoms with Crippen LogP contribution in [0.25, 0.3) is 0 Å². The number of furan rings is 1. The Kier molecular flexibility index (Phi) is 2.76. The van der Waals surface area contributed by atoms with Crippen LogP contribution >= 0.6 is 0 Å². The SMILES string of the molecule is Cc1cc(C(=O)NC(C)(CN)C2CC2)co1. The minimum atomic E-state index is -0.276. The van der Waals surface area contributed by atoms with Crippen molar-refractivity contribution in [1.29, 1.82) is 0 Å². The maximum atomic E-state index is 11.9. The largest absolute Gasteiger partial charge is 0.469 e. The molecule has 1 aliphatic rings. The summed E-state index contributed by atoms with van der Waals surface area (Å²) < 4.78 is 5.12. The molecular formula is C12H18N2O2. The standard InChI is InChI=1S/C12H18N2O2/c1-8-5-9(6-16-8)11(15)14-12(2,7-13)10-3-4-10/h5-6,10H,3-4,7,13H2,1-2H3,(H,14,15). The van der Waals surface area contributed by atoms with Gasteiger partial charge in [0.1, 0.15) is 12.0 Å². The van der Waals surface area contributed by atoms with Crippen LogP contribution in [0.4, 0.5) is 0 Å². The third-order valence-electron chi connectivity index (χ3n) is 3.29. The van der Waals surface area contributed by atoms with E-state index in [1.165, 1.54) is 6.26 Å². The molecule has 1 aliphatic carbocycles. The minimum Gasteiger partial charge on any atom is -0.469 e. The topological polar surface area (TPSA) is 68.3 Å². The lowest BCUT2D eigenvalue weighted by molar-refractivity contribution is 0.0897. The number of hydrogen-bond donors (Lipinski definition) is 2. The maximum Gasteiger partial charge on any atom is 0.255 e. The molecule has 16 heavy (non-hydrogen) atoms. The quantitative estimate of drug-likeness (QED) is 0.810. The summed E-state index contributed by atoms with van der Waals surface area (Å²) in [6, 6.07) is 1.74. The van der Waals surface area contributed by atoms with Gasteiger partial charge in [0.15, 0.2) is 0 Å². The molecule has 1 aromatic heterocycles. The molecule has 1 aromatic rings. The Balaban J connectivity index is 2.06. The predicted molar refractivity (Wildman–Crippen MR) is 61.1 cm³/mol. The van der Waals surface area contributed by atoms with Crippen molar-refractivity contribution < 1.29 is 9.21 Å². The summed E-state index contributed by atoms with van der Waals surface area (Å²) in [4.78, 5) is 11.9. The zero-order valence-corrected chi connectivity index (χ0v) is 9.75. The van der Waals surface area contributed by atoms with E-state index < -0.39 is 0 Å². The molecule has 0 radical (unpaired) electrons. The number of nitrogens with one attached hydrogen (secondary N) is 1. The van der Waals surface area contributed by atoms with Crippen LogP contribution in [0, 0.1) is 12.8 Å². The van der Waals surface area contributed by atoms with Crippen LogP contribution in [-0.4, -0.2) is 18.0 Å². The minimum absolute atomic E-state index is 0.100. The van der Waals surface area contributed by atoms with E-state index in [2.05, 4.69) is 5.32 Å². The van der Waals surface area contributed by atoms with Crippen molar-refractivity contribution in [3.63, 3.8) is 0 Å². The van der Waals surface area contributed by atoms with Crippen LogP contribution < -0.4 is 11.1 Å². The normalized spacial score (nSPS) is 19.2. The molecule has 88 valence electrons. The van der Waals surface area contributed by atoms with Crippen molar-refractivity contribution >= 4 is 5.91 Å². The fraction of sp³-hybridized carbons (Fsp3) is 0.583. The van der Waals surface area contributed by atoms with Crippen LogP contribution in [0.1, 0.15) is 35.9 Å². The number of nitrogens with two attached hydrogens (primary N) is 1. The van der Waals surface area contributed by atoms with Gasteiger partial charge in [0.25, 0.3) is 5.91 Å². The van der Waals surface area contributed by atoms with E-state index in [4.69, 9.17) is 10.2 Å². The second-order valence-electron chi connectivity index (χ2n) is 4.80. The molecule has 1 saturated carbocycles. The van der Waals surface area contributed by atoms with Gasteiger partial charge in [-0.1, -0.05) is 0 Å². The molecule has 1 amide bonds. The lowest BCUT2D eigenvalue weighted by Gasteiger charge is -2.29. The van der Waals surface area contributed by atoms with Crippen molar-refractivity contribution in [1.82, 2.24) is 5.32 Å². The number of rotatable bonds is 4. The number of amides is 1. The molecule has 1 unspecified atom stereocenters. The van der Waals surface area contributed by atoms with Crippen molar-refractivity contribution in [3.05, 3.63) is 23.7 Å². The highest BCUT2D eigenvalue weighted by molar-refractivity contribution is 5.94. The molecule has 0 bridgehead atoms. The van der Waals surface area contributed by atoms with E-state index in [0.29, 0.717) is 18.0 Å². The Morgan fingerprint density at radius 2 is 2.38 bits per heavy atom. The first-order valence-electron chi connectivity index (χ1n) is 5.63. The molecule has 0 spiro atoms. The molecule has 0 aliphatic heterocycles. The molecule has 1 fully saturated rings. The fourth-order valence-electron chi connectivity index (χ4n) is 1.93. The van der Waals surface area contributed by atoms with Gasteiger partial charge < -0.3 is 15.5 Å². The van der Waals surface area contributed by atoms with Crippen LogP contribution in [-0.2, 0) is 0 Å². The summed E-state index contributed by atoms with van der Waals surface area (Å²) in [5, 5.41) is 3.01. The Morgan fingerprint density at radius 3 is 2.81 bits per heavy atom. The zero-order chi connectivity index (χ0) is 11.8. The van der Waals surface area contributed by atoms with Crippen LogP contribution in [0.2, 0.25) is 0 Å². The Hall–Kier alpha value is -1.29. The highest BCUT2D eigenvalue weighted by atomic mass is 16.3. The smallest absolute Gasteiger partial charge is 0.255 e. The molecule has 2 rings (SSSR count). The highest BCUT2D eigenvalue weighted by Gasteiger charge is 2.41. The lowest BCUT2D eigenvalue weighted by atomic mass is 9.95. The molecule has 0 aromatic carbocycles.